The number of carbonyl (C=O) groups is 1. The van der Waals surface area contributed by atoms with Crippen LogP contribution in [0.2, 0.25) is 0 Å². The van der Waals surface area contributed by atoms with Crippen molar-refractivity contribution in [3.63, 3.8) is 0 Å². The molecule has 1 aliphatic carbocycles. The van der Waals surface area contributed by atoms with Gasteiger partial charge in [0.05, 0.1) is 6.10 Å². The third-order valence-corrected chi connectivity index (χ3v) is 4.11. The lowest BCUT2D eigenvalue weighted by Crippen LogP contribution is -2.43. The first-order chi connectivity index (χ1) is 11.2. The summed E-state index contributed by atoms with van der Waals surface area (Å²) in [7, 11) is 0. The van der Waals surface area contributed by atoms with Crippen molar-refractivity contribution in [3.8, 4) is 5.75 Å². The van der Waals surface area contributed by atoms with Gasteiger partial charge in [-0.3, -0.25) is 0 Å². The van der Waals surface area contributed by atoms with Crippen LogP contribution in [0.1, 0.15) is 57.6 Å². The number of carbonyl (C=O) groups excluding carboxylic acids is 1. The van der Waals surface area contributed by atoms with Crippen molar-refractivity contribution < 1.29 is 14.6 Å². The third kappa shape index (κ3) is 6.04. The SMILES string of the molecule is Cc1ccc(CNC(=O)NC2CCC(O)CC2)c(OC(C)(C)C)c1. The van der Waals surface area contributed by atoms with Gasteiger partial charge in [-0.15, -0.1) is 0 Å². The van der Waals surface area contributed by atoms with Crippen LogP contribution in [-0.4, -0.2) is 28.9 Å². The van der Waals surface area contributed by atoms with Crippen molar-refractivity contribution >= 4 is 6.03 Å². The highest BCUT2D eigenvalue weighted by Crippen LogP contribution is 2.24. The number of hydrogen-bond acceptors (Lipinski definition) is 3. The highest BCUT2D eigenvalue weighted by atomic mass is 16.5. The van der Waals surface area contributed by atoms with Gasteiger partial charge in [0, 0.05) is 18.2 Å². The molecule has 2 amide bonds. The van der Waals surface area contributed by atoms with E-state index in [2.05, 4.69) is 10.6 Å². The third-order valence-electron chi connectivity index (χ3n) is 4.11. The Morgan fingerprint density at radius 3 is 2.54 bits per heavy atom. The summed E-state index contributed by atoms with van der Waals surface area (Å²) in [4.78, 5) is 12.1. The van der Waals surface area contributed by atoms with Gasteiger partial charge in [0.1, 0.15) is 11.4 Å². The highest BCUT2D eigenvalue weighted by Gasteiger charge is 2.21. The second-order valence-electron chi connectivity index (χ2n) is 7.66. The molecule has 0 saturated heterocycles. The van der Waals surface area contributed by atoms with Gasteiger partial charge in [-0.25, -0.2) is 4.79 Å². The molecule has 0 unspecified atom stereocenters. The molecule has 24 heavy (non-hydrogen) atoms. The summed E-state index contributed by atoms with van der Waals surface area (Å²) in [6.07, 6.45) is 2.96. The lowest BCUT2D eigenvalue weighted by molar-refractivity contribution is 0.117. The van der Waals surface area contributed by atoms with Crippen LogP contribution >= 0.6 is 0 Å². The topological polar surface area (TPSA) is 70.6 Å². The van der Waals surface area contributed by atoms with E-state index < -0.39 is 0 Å². The minimum absolute atomic E-state index is 0.150. The number of aliphatic hydroxyl groups is 1. The average Bonchev–Trinajstić information content (AvgIpc) is 2.47. The van der Waals surface area contributed by atoms with Gasteiger partial charge in [0.25, 0.3) is 0 Å². The van der Waals surface area contributed by atoms with Gasteiger partial charge in [-0.2, -0.15) is 0 Å². The van der Waals surface area contributed by atoms with Gasteiger partial charge in [-0.1, -0.05) is 12.1 Å². The summed E-state index contributed by atoms with van der Waals surface area (Å²) in [5, 5.41) is 15.4. The predicted octanol–water partition coefficient (Wildman–Crippen LogP) is 3.28. The molecule has 0 bridgehead atoms. The van der Waals surface area contributed by atoms with Crippen LogP contribution in [0.4, 0.5) is 4.79 Å². The van der Waals surface area contributed by atoms with Crippen LogP contribution < -0.4 is 15.4 Å². The van der Waals surface area contributed by atoms with E-state index in [1.165, 1.54) is 0 Å². The van der Waals surface area contributed by atoms with Crippen LogP contribution in [0.15, 0.2) is 18.2 Å². The number of benzene rings is 1. The second-order valence-corrected chi connectivity index (χ2v) is 7.66. The fourth-order valence-corrected chi connectivity index (χ4v) is 2.86. The van der Waals surface area contributed by atoms with Crippen LogP contribution in [0.5, 0.6) is 5.75 Å². The Kier molecular flexibility index (Phi) is 6.10. The molecule has 1 saturated carbocycles. The van der Waals surface area contributed by atoms with Gasteiger partial charge in [0.15, 0.2) is 0 Å². The largest absolute Gasteiger partial charge is 0.488 e. The smallest absolute Gasteiger partial charge is 0.315 e. The lowest BCUT2D eigenvalue weighted by Gasteiger charge is -2.26. The van der Waals surface area contributed by atoms with E-state index in [0.717, 1.165) is 42.6 Å². The van der Waals surface area contributed by atoms with Gasteiger partial charge in [0.2, 0.25) is 0 Å². The Hall–Kier alpha value is -1.75. The minimum atomic E-state index is -0.284. The quantitative estimate of drug-likeness (QED) is 0.791. The fourth-order valence-electron chi connectivity index (χ4n) is 2.86. The van der Waals surface area contributed by atoms with E-state index >= 15 is 0 Å². The number of aliphatic hydroxyl groups excluding tert-OH is 1. The van der Waals surface area contributed by atoms with Gasteiger partial charge < -0.3 is 20.5 Å². The second kappa shape index (κ2) is 7.88. The van der Waals surface area contributed by atoms with Crippen LogP contribution in [0, 0.1) is 6.92 Å². The Balaban J connectivity index is 1.90. The first-order valence-corrected chi connectivity index (χ1v) is 8.74. The molecule has 0 heterocycles. The summed E-state index contributed by atoms with van der Waals surface area (Å²) in [5.74, 6) is 0.809. The Morgan fingerprint density at radius 1 is 1.25 bits per heavy atom. The van der Waals surface area contributed by atoms with E-state index in [-0.39, 0.29) is 23.8 Å². The maximum Gasteiger partial charge on any atom is 0.315 e. The number of ether oxygens (including phenoxy) is 1. The molecule has 0 aromatic heterocycles. The highest BCUT2D eigenvalue weighted by molar-refractivity contribution is 5.74. The molecule has 0 aliphatic heterocycles. The number of nitrogens with one attached hydrogen (secondary N) is 2. The van der Waals surface area contributed by atoms with Crippen LogP contribution in [0.3, 0.4) is 0 Å². The molecule has 5 heteroatoms. The Morgan fingerprint density at radius 2 is 1.92 bits per heavy atom. The van der Waals surface area contributed by atoms with Gasteiger partial charge in [-0.05, 0) is 65.0 Å². The zero-order chi connectivity index (χ0) is 17.7. The van der Waals surface area contributed by atoms with E-state index in [0.29, 0.717) is 6.54 Å². The molecule has 2 rings (SSSR count). The van der Waals surface area contributed by atoms with Crippen molar-refractivity contribution in [2.45, 2.75) is 77.7 Å². The number of urea groups is 1. The fraction of sp³-hybridized carbons (Fsp3) is 0.632. The van der Waals surface area contributed by atoms with Crippen molar-refractivity contribution in [1.29, 1.82) is 0 Å². The molecular weight excluding hydrogens is 304 g/mol. The molecule has 134 valence electrons. The zero-order valence-corrected chi connectivity index (χ0v) is 15.2. The van der Waals surface area contributed by atoms with Crippen molar-refractivity contribution in [1.82, 2.24) is 10.6 Å². The predicted molar refractivity (Wildman–Crippen MR) is 95.2 cm³/mol. The molecule has 0 radical (unpaired) electrons. The van der Waals surface area contributed by atoms with E-state index in [1.54, 1.807) is 0 Å². The molecular formula is C19H30N2O3. The van der Waals surface area contributed by atoms with Crippen molar-refractivity contribution in [2.75, 3.05) is 0 Å². The molecule has 3 N–H and O–H groups in total. The van der Waals surface area contributed by atoms with E-state index in [9.17, 15) is 9.90 Å². The molecule has 1 aliphatic rings. The molecule has 1 aromatic rings. The molecule has 0 atom stereocenters. The summed E-state index contributed by atoms with van der Waals surface area (Å²) in [6.45, 7) is 8.48. The average molecular weight is 334 g/mol. The number of hydrogen-bond donors (Lipinski definition) is 3. The normalized spacial score (nSPS) is 21.2. The summed E-state index contributed by atoms with van der Waals surface area (Å²) in [5.41, 5.74) is 1.81. The number of aryl methyl sites for hydroxylation is 1. The molecule has 1 aromatic carbocycles. The first-order valence-electron chi connectivity index (χ1n) is 8.74. The summed E-state index contributed by atoms with van der Waals surface area (Å²) in [6, 6.07) is 6.00. The van der Waals surface area contributed by atoms with Crippen LogP contribution in [-0.2, 0) is 6.54 Å². The molecule has 5 nitrogen and oxygen atoms in total. The summed E-state index contributed by atoms with van der Waals surface area (Å²) < 4.78 is 6.01. The first kappa shape index (κ1) is 18.6. The van der Waals surface area contributed by atoms with E-state index in [1.807, 2.05) is 45.9 Å². The number of rotatable bonds is 4. The zero-order valence-electron chi connectivity index (χ0n) is 15.2. The Labute approximate surface area is 144 Å². The van der Waals surface area contributed by atoms with Gasteiger partial charge >= 0.3 is 6.03 Å². The minimum Gasteiger partial charge on any atom is -0.488 e. The standard InChI is InChI=1S/C19H30N2O3/c1-13-5-6-14(17(11-13)24-19(2,3)4)12-20-18(23)21-15-7-9-16(22)10-8-15/h5-6,11,15-16,22H,7-10,12H2,1-4H3,(H2,20,21,23). The monoisotopic (exact) mass is 334 g/mol. The molecule has 0 spiro atoms. The Bertz CT molecular complexity index is 558. The summed E-state index contributed by atoms with van der Waals surface area (Å²) >= 11 is 0. The van der Waals surface area contributed by atoms with E-state index in [4.69, 9.17) is 4.74 Å². The van der Waals surface area contributed by atoms with Crippen molar-refractivity contribution in [3.05, 3.63) is 29.3 Å². The number of amides is 2. The van der Waals surface area contributed by atoms with Crippen molar-refractivity contribution in [2.24, 2.45) is 0 Å². The molecule has 1 fully saturated rings. The maximum absolute atomic E-state index is 12.1. The maximum atomic E-state index is 12.1. The lowest BCUT2D eigenvalue weighted by atomic mass is 9.93. The van der Waals surface area contributed by atoms with Crippen LogP contribution in [0.25, 0.3) is 0 Å².